The zero-order valence-corrected chi connectivity index (χ0v) is 8.67. The molecule has 2 N–H and O–H groups in total. The summed E-state index contributed by atoms with van der Waals surface area (Å²) < 4.78 is 25.7. The fourth-order valence-electron chi connectivity index (χ4n) is 1.83. The van der Waals surface area contributed by atoms with Gasteiger partial charge in [0.25, 0.3) is 5.91 Å². The minimum atomic E-state index is -2.56. The van der Waals surface area contributed by atoms with Gasteiger partial charge in [0.05, 0.1) is 11.8 Å². The van der Waals surface area contributed by atoms with Crippen LogP contribution in [0.1, 0.15) is 36.0 Å². The highest BCUT2D eigenvalue weighted by atomic mass is 19.3. The molecule has 1 saturated carbocycles. The van der Waals surface area contributed by atoms with Crippen molar-refractivity contribution in [2.24, 2.45) is 0 Å². The second kappa shape index (κ2) is 4.19. The summed E-state index contributed by atoms with van der Waals surface area (Å²) in [4.78, 5) is 11.6. The van der Waals surface area contributed by atoms with Gasteiger partial charge in [-0.15, -0.1) is 0 Å². The number of alkyl halides is 2. The van der Waals surface area contributed by atoms with Crippen LogP contribution in [0, 0.1) is 0 Å². The Labute approximate surface area is 91.4 Å². The number of hydrogen-bond donors (Lipinski definition) is 2. The summed E-state index contributed by atoms with van der Waals surface area (Å²) in [6.07, 6.45) is 3.25. The molecule has 2 rings (SSSR count). The van der Waals surface area contributed by atoms with Gasteiger partial charge in [-0.05, 0) is 12.8 Å². The second-order valence-electron chi connectivity index (χ2n) is 4.09. The Morgan fingerprint density at radius 1 is 1.50 bits per heavy atom. The zero-order chi connectivity index (χ0) is 11.6. The Morgan fingerprint density at radius 3 is 2.75 bits per heavy atom. The molecule has 1 amide bonds. The number of amides is 1. The number of hydrogen-bond acceptors (Lipinski definition) is 2. The van der Waals surface area contributed by atoms with Crippen LogP contribution < -0.4 is 5.32 Å². The maximum atomic E-state index is 12.9. The lowest BCUT2D eigenvalue weighted by molar-refractivity contribution is -0.0399. The van der Waals surface area contributed by atoms with E-state index >= 15 is 0 Å². The summed E-state index contributed by atoms with van der Waals surface area (Å²) >= 11 is 0. The molecule has 1 aromatic heterocycles. The van der Waals surface area contributed by atoms with Gasteiger partial charge < -0.3 is 5.32 Å². The van der Waals surface area contributed by atoms with Crippen LogP contribution in [-0.4, -0.2) is 28.1 Å². The maximum absolute atomic E-state index is 12.9. The standard InChI is InChI=1S/C10H13F2N3O/c11-10(12)3-1-8(2-4-10)15-9(16)7-5-13-14-6-7/h5-6,8H,1-4H2,(H,13,14)(H,15,16). The van der Waals surface area contributed by atoms with Gasteiger partial charge in [0.1, 0.15) is 0 Å². The van der Waals surface area contributed by atoms with Gasteiger partial charge in [-0.3, -0.25) is 9.89 Å². The van der Waals surface area contributed by atoms with E-state index in [2.05, 4.69) is 15.5 Å². The van der Waals surface area contributed by atoms with Crippen LogP contribution in [0.2, 0.25) is 0 Å². The summed E-state index contributed by atoms with van der Waals surface area (Å²) in [7, 11) is 0. The highest BCUT2D eigenvalue weighted by Gasteiger charge is 2.35. The quantitative estimate of drug-likeness (QED) is 0.811. The number of aromatic amines is 1. The van der Waals surface area contributed by atoms with Crippen molar-refractivity contribution in [3.63, 3.8) is 0 Å². The van der Waals surface area contributed by atoms with E-state index < -0.39 is 5.92 Å². The zero-order valence-electron chi connectivity index (χ0n) is 8.67. The molecule has 6 heteroatoms. The maximum Gasteiger partial charge on any atom is 0.254 e. The van der Waals surface area contributed by atoms with Gasteiger partial charge in [-0.1, -0.05) is 0 Å². The largest absolute Gasteiger partial charge is 0.349 e. The number of H-pyrrole nitrogens is 1. The molecule has 0 spiro atoms. The van der Waals surface area contributed by atoms with Crippen molar-refractivity contribution < 1.29 is 13.6 Å². The van der Waals surface area contributed by atoms with Crippen LogP contribution in [0.3, 0.4) is 0 Å². The number of halogens is 2. The molecule has 4 nitrogen and oxygen atoms in total. The van der Waals surface area contributed by atoms with Crippen molar-refractivity contribution in [3.05, 3.63) is 18.0 Å². The molecule has 0 aliphatic heterocycles. The molecule has 88 valence electrons. The summed E-state index contributed by atoms with van der Waals surface area (Å²) in [6, 6.07) is -0.151. The van der Waals surface area contributed by atoms with Crippen molar-refractivity contribution in [2.45, 2.75) is 37.6 Å². The lowest BCUT2D eigenvalue weighted by Crippen LogP contribution is -2.40. The second-order valence-corrected chi connectivity index (χ2v) is 4.09. The van der Waals surface area contributed by atoms with E-state index in [4.69, 9.17) is 0 Å². The van der Waals surface area contributed by atoms with Crippen LogP contribution in [0.5, 0.6) is 0 Å². The first-order valence-corrected chi connectivity index (χ1v) is 5.24. The lowest BCUT2D eigenvalue weighted by Gasteiger charge is -2.28. The first-order chi connectivity index (χ1) is 7.57. The number of carbonyl (C=O) groups excluding carboxylic acids is 1. The summed E-state index contributed by atoms with van der Waals surface area (Å²) in [5, 5.41) is 8.91. The third kappa shape index (κ3) is 2.56. The Kier molecular flexibility index (Phi) is 2.89. The number of rotatable bonds is 2. The van der Waals surface area contributed by atoms with Crippen molar-refractivity contribution in [3.8, 4) is 0 Å². The molecule has 1 aliphatic rings. The molecule has 1 aliphatic carbocycles. The van der Waals surface area contributed by atoms with Crippen molar-refractivity contribution in [2.75, 3.05) is 0 Å². The molecule has 0 radical (unpaired) electrons. The highest BCUT2D eigenvalue weighted by molar-refractivity contribution is 5.93. The minimum absolute atomic E-state index is 0.149. The van der Waals surface area contributed by atoms with Crippen molar-refractivity contribution in [1.82, 2.24) is 15.5 Å². The van der Waals surface area contributed by atoms with Gasteiger partial charge in [0.2, 0.25) is 5.92 Å². The molecule has 0 bridgehead atoms. The average molecular weight is 229 g/mol. The van der Waals surface area contributed by atoms with Crippen molar-refractivity contribution in [1.29, 1.82) is 0 Å². The first kappa shape index (κ1) is 11.0. The van der Waals surface area contributed by atoms with Crippen LogP contribution in [0.25, 0.3) is 0 Å². The molecule has 0 atom stereocenters. The molecule has 0 aromatic carbocycles. The predicted octanol–water partition coefficient (Wildman–Crippen LogP) is 1.72. The first-order valence-electron chi connectivity index (χ1n) is 5.24. The molecule has 16 heavy (non-hydrogen) atoms. The predicted molar refractivity (Wildman–Crippen MR) is 53.3 cm³/mol. The third-order valence-corrected chi connectivity index (χ3v) is 2.81. The highest BCUT2D eigenvalue weighted by Crippen LogP contribution is 2.32. The average Bonchev–Trinajstić information content (AvgIpc) is 2.74. The summed E-state index contributed by atoms with van der Waals surface area (Å²) in [6.45, 7) is 0. The molecular formula is C10H13F2N3O. The summed E-state index contributed by atoms with van der Waals surface area (Å²) in [5.74, 6) is -2.82. The number of carbonyl (C=O) groups is 1. The van der Waals surface area contributed by atoms with E-state index in [1.54, 1.807) is 0 Å². The number of nitrogens with zero attached hydrogens (tertiary/aromatic N) is 1. The Bertz CT molecular complexity index is 354. The Balaban J connectivity index is 1.85. The van der Waals surface area contributed by atoms with Crippen LogP contribution >= 0.6 is 0 Å². The SMILES string of the molecule is O=C(NC1CCC(F)(F)CC1)c1cn[nH]c1. The Morgan fingerprint density at radius 2 is 2.19 bits per heavy atom. The minimum Gasteiger partial charge on any atom is -0.349 e. The van der Waals surface area contributed by atoms with Gasteiger partial charge in [0, 0.05) is 25.1 Å². The number of aromatic nitrogens is 2. The van der Waals surface area contributed by atoms with Crippen LogP contribution in [-0.2, 0) is 0 Å². The molecule has 0 unspecified atom stereocenters. The van der Waals surface area contributed by atoms with E-state index in [0.717, 1.165) is 0 Å². The van der Waals surface area contributed by atoms with Gasteiger partial charge >= 0.3 is 0 Å². The molecular weight excluding hydrogens is 216 g/mol. The molecule has 1 aromatic rings. The third-order valence-electron chi connectivity index (χ3n) is 2.81. The normalized spacial score (nSPS) is 20.6. The fourth-order valence-corrected chi connectivity index (χ4v) is 1.83. The van der Waals surface area contributed by atoms with E-state index in [9.17, 15) is 13.6 Å². The summed E-state index contributed by atoms with van der Waals surface area (Å²) in [5.41, 5.74) is 0.428. The molecule has 1 heterocycles. The lowest BCUT2D eigenvalue weighted by atomic mass is 9.92. The van der Waals surface area contributed by atoms with E-state index in [1.807, 2.05) is 0 Å². The van der Waals surface area contributed by atoms with E-state index in [-0.39, 0.29) is 24.8 Å². The van der Waals surface area contributed by atoms with E-state index in [1.165, 1.54) is 12.4 Å². The van der Waals surface area contributed by atoms with Crippen LogP contribution in [0.4, 0.5) is 8.78 Å². The molecule has 1 fully saturated rings. The van der Waals surface area contributed by atoms with Gasteiger partial charge in [0.15, 0.2) is 0 Å². The van der Waals surface area contributed by atoms with Gasteiger partial charge in [-0.25, -0.2) is 8.78 Å². The smallest absolute Gasteiger partial charge is 0.254 e. The molecule has 0 saturated heterocycles. The Hall–Kier alpha value is -1.46. The van der Waals surface area contributed by atoms with E-state index in [0.29, 0.717) is 18.4 Å². The topological polar surface area (TPSA) is 57.8 Å². The van der Waals surface area contributed by atoms with Crippen LogP contribution in [0.15, 0.2) is 12.4 Å². The monoisotopic (exact) mass is 229 g/mol. The number of nitrogens with one attached hydrogen (secondary N) is 2. The van der Waals surface area contributed by atoms with Gasteiger partial charge in [-0.2, -0.15) is 5.10 Å². The van der Waals surface area contributed by atoms with Crippen molar-refractivity contribution >= 4 is 5.91 Å². The fraction of sp³-hybridized carbons (Fsp3) is 0.600.